The number of ether oxygens (including phenoxy) is 3. The van der Waals surface area contributed by atoms with Crippen molar-refractivity contribution in [2.45, 2.75) is 51.2 Å². The van der Waals surface area contributed by atoms with Crippen molar-refractivity contribution >= 4 is 12.1 Å². The summed E-state index contributed by atoms with van der Waals surface area (Å²) in [7, 11) is 1.31. The van der Waals surface area contributed by atoms with Crippen LogP contribution in [0.5, 0.6) is 0 Å². The van der Waals surface area contributed by atoms with Crippen LogP contribution in [0.3, 0.4) is 0 Å². The molecule has 0 bridgehead atoms. The third kappa shape index (κ3) is 4.58. The second-order valence-electron chi connectivity index (χ2n) is 6.34. The van der Waals surface area contributed by atoms with E-state index in [0.717, 1.165) is 0 Å². The molecule has 7 heteroatoms. The van der Waals surface area contributed by atoms with Gasteiger partial charge in [-0.25, -0.2) is 9.59 Å². The summed E-state index contributed by atoms with van der Waals surface area (Å²) in [4.78, 5) is 26.2. The molecule has 0 saturated carbocycles. The van der Waals surface area contributed by atoms with Crippen LogP contribution in [0.1, 0.15) is 40.0 Å². The highest BCUT2D eigenvalue weighted by atomic mass is 16.6. The molecule has 0 aromatic rings. The summed E-state index contributed by atoms with van der Waals surface area (Å²) >= 11 is 0. The second-order valence-corrected chi connectivity index (χ2v) is 6.34. The molecule has 1 aliphatic rings. The minimum absolute atomic E-state index is 0.0823. The van der Waals surface area contributed by atoms with E-state index in [1.165, 1.54) is 12.0 Å². The molecule has 1 atom stereocenters. The zero-order valence-electron chi connectivity index (χ0n) is 13.9. The van der Waals surface area contributed by atoms with Gasteiger partial charge in [-0.05, 0) is 33.6 Å². The van der Waals surface area contributed by atoms with E-state index in [9.17, 15) is 9.59 Å². The Morgan fingerprint density at radius 1 is 1.27 bits per heavy atom. The molecular formula is C15H27NO6. The van der Waals surface area contributed by atoms with Crippen molar-refractivity contribution in [3.8, 4) is 0 Å². The van der Waals surface area contributed by atoms with E-state index in [-0.39, 0.29) is 19.8 Å². The summed E-state index contributed by atoms with van der Waals surface area (Å²) < 4.78 is 15.6. The maximum atomic E-state index is 12.4. The third-order valence-corrected chi connectivity index (χ3v) is 3.56. The van der Waals surface area contributed by atoms with Gasteiger partial charge in [-0.1, -0.05) is 0 Å². The van der Waals surface area contributed by atoms with Crippen molar-refractivity contribution in [2.24, 2.45) is 0 Å². The van der Waals surface area contributed by atoms with Crippen molar-refractivity contribution in [1.82, 2.24) is 4.90 Å². The molecule has 0 spiro atoms. The lowest BCUT2D eigenvalue weighted by Gasteiger charge is -2.36. The monoisotopic (exact) mass is 317 g/mol. The number of hydrogen-bond donors (Lipinski definition) is 1. The Labute approximate surface area is 131 Å². The summed E-state index contributed by atoms with van der Waals surface area (Å²) in [6.07, 6.45) is 1.02. The molecular weight excluding hydrogens is 290 g/mol. The third-order valence-electron chi connectivity index (χ3n) is 3.56. The van der Waals surface area contributed by atoms with Gasteiger partial charge in [0.15, 0.2) is 0 Å². The van der Waals surface area contributed by atoms with Gasteiger partial charge in [0.25, 0.3) is 0 Å². The van der Waals surface area contributed by atoms with E-state index in [1.807, 2.05) is 0 Å². The van der Waals surface area contributed by atoms with Crippen LogP contribution in [-0.2, 0) is 19.0 Å². The van der Waals surface area contributed by atoms with Gasteiger partial charge in [-0.15, -0.1) is 0 Å². The van der Waals surface area contributed by atoms with Gasteiger partial charge >= 0.3 is 12.1 Å². The van der Waals surface area contributed by atoms with Crippen molar-refractivity contribution in [1.29, 1.82) is 0 Å². The van der Waals surface area contributed by atoms with E-state index in [2.05, 4.69) is 0 Å². The first-order valence-corrected chi connectivity index (χ1v) is 7.54. The number of amides is 1. The smallest absolute Gasteiger partial charge is 0.411 e. The van der Waals surface area contributed by atoms with Crippen LogP contribution in [0, 0.1) is 0 Å². The van der Waals surface area contributed by atoms with Gasteiger partial charge in [0.2, 0.25) is 0 Å². The zero-order valence-corrected chi connectivity index (χ0v) is 13.9. The van der Waals surface area contributed by atoms with Crippen molar-refractivity contribution in [2.75, 3.05) is 33.5 Å². The van der Waals surface area contributed by atoms with Gasteiger partial charge in [0.05, 0.1) is 20.3 Å². The summed E-state index contributed by atoms with van der Waals surface area (Å²) in [6.45, 7) is 6.17. The molecule has 1 fully saturated rings. The Balaban J connectivity index is 2.87. The quantitative estimate of drug-likeness (QED) is 0.587. The van der Waals surface area contributed by atoms with Crippen LogP contribution >= 0.6 is 0 Å². The number of carbonyl (C=O) groups excluding carboxylic acids is 2. The number of methoxy groups -OCH3 is 1. The number of esters is 1. The van der Waals surface area contributed by atoms with Crippen molar-refractivity contribution < 1.29 is 28.9 Å². The second kappa shape index (κ2) is 7.78. The molecule has 0 aromatic heterocycles. The number of carbonyl (C=O) groups is 2. The number of aliphatic hydroxyl groups excluding tert-OH is 1. The number of aliphatic hydroxyl groups is 1. The first kappa shape index (κ1) is 18.7. The highest BCUT2D eigenvalue weighted by molar-refractivity contribution is 5.86. The van der Waals surface area contributed by atoms with Crippen LogP contribution in [0.15, 0.2) is 0 Å². The maximum absolute atomic E-state index is 12.4. The van der Waals surface area contributed by atoms with Gasteiger partial charge in [0.1, 0.15) is 11.1 Å². The van der Waals surface area contributed by atoms with E-state index in [0.29, 0.717) is 25.8 Å². The Morgan fingerprint density at radius 2 is 1.95 bits per heavy atom. The summed E-state index contributed by atoms with van der Waals surface area (Å²) in [5.41, 5.74) is -1.68. The maximum Gasteiger partial charge on any atom is 0.411 e. The lowest BCUT2D eigenvalue weighted by molar-refractivity contribution is -0.154. The van der Waals surface area contributed by atoms with Crippen LogP contribution in [-0.4, -0.2) is 66.7 Å². The molecule has 1 N–H and O–H groups in total. The Morgan fingerprint density at radius 3 is 2.50 bits per heavy atom. The molecule has 1 rings (SSSR count). The molecule has 7 nitrogen and oxygen atoms in total. The standard InChI is InChI=1S/C15H27NO6/c1-14(2,3)22-13(19)16-8-5-6-15(16,12(18)20-4)7-10-21-11-9-17/h17H,5-11H2,1-4H3. The predicted octanol–water partition coefficient (Wildman–Crippen LogP) is 1.33. The predicted molar refractivity (Wildman–Crippen MR) is 79.4 cm³/mol. The summed E-state index contributed by atoms with van der Waals surface area (Å²) in [6, 6.07) is 0. The Bertz CT molecular complexity index is 392. The minimum Gasteiger partial charge on any atom is -0.467 e. The Kier molecular flexibility index (Phi) is 6.62. The molecule has 1 aliphatic heterocycles. The van der Waals surface area contributed by atoms with E-state index < -0.39 is 23.2 Å². The van der Waals surface area contributed by atoms with Crippen LogP contribution in [0.4, 0.5) is 4.79 Å². The van der Waals surface area contributed by atoms with Crippen LogP contribution in [0.25, 0.3) is 0 Å². The topological polar surface area (TPSA) is 85.3 Å². The minimum atomic E-state index is -1.05. The molecule has 1 unspecified atom stereocenters. The van der Waals surface area contributed by atoms with Gasteiger partial charge in [-0.3, -0.25) is 4.90 Å². The number of likely N-dealkylation sites (tertiary alicyclic amines) is 1. The zero-order chi connectivity index (χ0) is 16.8. The van der Waals surface area contributed by atoms with Crippen LogP contribution < -0.4 is 0 Å². The molecule has 1 heterocycles. The normalized spacial score (nSPS) is 21.8. The molecule has 1 saturated heterocycles. The van der Waals surface area contributed by atoms with E-state index >= 15 is 0 Å². The summed E-state index contributed by atoms with van der Waals surface area (Å²) in [5, 5.41) is 8.74. The SMILES string of the molecule is COC(=O)C1(CCOCCO)CCCN1C(=O)OC(C)(C)C. The molecule has 1 amide bonds. The molecule has 0 aromatic carbocycles. The fourth-order valence-corrected chi connectivity index (χ4v) is 2.63. The number of hydrogen-bond acceptors (Lipinski definition) is 6. The van der Waals surface area contributed by atoms with Gasteiger partial charge < -0.3 is 19.3 Å². The average molecular weight is 317 g/mol. The molecule has 128 valence electrons. The van der Waals surface area contributed by atoms with Crippen LogP contribution in [0.2, 0.25) is 0 Å². The van der Waals surface area contributed by atoms with Crippen molar-refractivity contribution in [3.05, 3.63) is 0 Å². The average Bonchev–Trinajstić information content (AvgIpc) is 2.86. The highest BCUT2D eigenvalue weighted by Gasteiger charge is 2.51. The van der Waals surface area contributed by atoms with Gasteiger partial charge in [0, 0.05) is 19.6 Å². The summed E-state index contributed by atoms with van der Waals surface area (Å²) in [5.74, 6) is -0.455. The fourth-order valence-electron chi connectivity index (χ4n) is 2.63. The molecule has 0 radical (unpaired) electrons. The lowest BCUT2D eigenvalue weighted by atomic mass is 9.92. The van der Waals surface area contributed by atoms with E-state index in [4.69, 9.17) is 19.3 Å². The van der Waals surface area contributed by atoms with Crippen molar-refractivity contribution in [3.63, 3.8) is 0 Å². The number of rotatable bonds is 6. The highest BCUT2D eigenvalue weighted by Crippen LogP contribution is 2.35. The lowest BCUT2D eigenvalue weighted by Crippen LogP contribution is -2.55. The first-order valence-electron chi connectivity index (χ1n) is 7.54. The largest absolute Gasteiger partial charge is 0.467 e. The Hall–Kier alpha value is -1.34. The van der Waals surface area contributed by atoms with E-state index in [1.54, 1.807) is 20.8 Å². The number of nitrogens with zero attached hydrogens (tertiary/aromatic N) is 1. The molecule has 0 aliphatic carbocycles. The molecule has 22 heavy (non-hydrogen) atoms. The van der Waals surface area contributed by atoms with Gasteiger partial charge in [-0.2, -0.15) is 0 Å². The first-order chi connectivity index (χ1) is 10.3. The fraction of sp³-hybridized carbons (Fsp3) is 0.867.